The van der Waals surface area contributed by atoms with Crippen molar-refractivity contribution in [2.45, 2.75) is 13.3 Å². The van der Waals surface area contributed by atoms with Crippen molar-refractivity contribution >= 4 is 38.8 Å². The number of rotatable bonds is 5. The van der Waals surface area contributed by atoms with E-state index < -0.39 is 0 Å². The third-order valence-corrected chi connectivity index (χ3v) is 5.83. The number of thiazole rings is 1. The van der Waals surface area contributed by atoms with Gasteiger partial charge < -0.3 is 5.32 Å². The second-order valence-corrected chi connectivity index (χ2v) is 7.60. The average Bonchev–Trinajstić information content (AvgIpc) is 3.34. The molecule has 0 spiro atoms. The molecule has 1 amide bonds. The maximum Gasteiger partial charge on any atom is 0.261 e. The number of carbonyl (C=O) groups excluding carboxylic acids is 1. The average molecular weight is 368 g/mol. The third-order valence-electron chi connectivity index (χ3n) is 3.88. The summed E-state index contributed by atoms with van der Waals surface area (Å²) in [5.74, 6) is -0.0447. The molecule has 0 atom stereocenters. The summed E-state index contributed by atoms with van der Waals surface area (Å²) in [7, 11) is 0. The molecule has 4 rings (SSSR count). The molecule has 0 aliphatic heterocycles. The summed E-state index contributed by atoms with van der Waals surface area (Å²) in [5, 5.41) is 11.6. The molecular formula is C18H16N4OS2. The zero-order valence-corrected chi connectivity index (χ0v) is 15.2. The van der Waals surface area contributed by atoms with E-state index in [0.717, 1.165) is 33.0 Å². The summed E-state index contributed by atoms with van der Waals surface area (Å²) in [4.78, 5) is 18.4. The smallest absolute Gasteiger partial charge is 0.261 e. The van der Waals surface area contributed by atoms with Crippen molar-refractivity contribution in [1.82, 2.24) is 20.1 Å². The Hall–Kier alpha value is -2.51. The van der Waals surface area contributed by atoms with Crippen LogP contribution in [0.2, 0.25) is 0 Å². The molecule has 3 aromatic heterocycles. The van der Waals surface area contributed by atoms with Gasteiger partial charge in [-0.15, -0.1) is 22.7 Å². The van der Waals surface area contributed by atoms with Crippen LogP contribution in [0.5, 0.6) is 0 Å². The number of aromatic nitrogens is 3. The number of nitrogens with one attached hydrogen (secondary N) is 1. The van der Waals surface area contributed by atoms with E-state index in [1.807, 2.05) is 53.4 Å². The van der Waals surface area contributed by atoms with Crippen LogP contribution in [-0.2, 0) is 6.42 Å². The standard InChI is InChI=1S/C18H16N4OS2/c1-12-14-11-15(17(23)20-8-7-16-19-9-10-24-16)25-18(14)22(21-12)13-5-3-2-4-6-13/h2-6,9-11H,7-8H2,1H3,(H,20,23). The first-order chi connectivity index (χ1) is 12.2. The van der Waals surface area contributed by atoms with Gasteiger partial charge in [0, 0.05) is 29.9 Å². The summed E-state index contributed by atoms with van der Waals surface area (Å²) >= 11 is 3.08. The van der Waals surface area contributed by atoms with E-state index in [2.05, 4.69) is 15.4 Å². The first kappa shape index (κ1) is 16.0. The van der Waals surface area contributed by atoms with Gasteiger partial charge in [0.25, 0.3) is 5.91 Å². The molecule has 5 nitrogen and oxygen atoms in total. The van der Waals surface area contributed by atoms with Crippen molar-refractivity contribution in [1.29, 1.82) is 0 Å². The van der Waals surface area contributed by atoms with Crippen molar-refractivity contribution in [3.63, 3.8) is 0 Å². The van der Waals surface area contributed by atoms with Gasteiger partial charge in [-0.3, -0.25) is 4.79 Å². The van der Waals surface area contributed by atoms with Crippen LogP contribution in [0.4, 0.5) is 0 Å². The number of hydrogen-bond acceptors (Lipinski definition) is 5. The maximum absolute atomic E-state index is 12.5. The van der Waals surface area contributed by atoms with Crippen molar-refractivity contribution in [3.05, 3.63) is 63.6 Å². The Morgan fingerprint density at radius 2 is 2.12 bits per heavy atom. The Bertz CT molecular complexity index is 1000. The molecule has 0 aliphatic carbocycles. The third kappa shape index (κ3) is 3.20. The number of amides is 1. The zero-order chi connectivity index (χ0) is 17.2. The van der Waals surface area contributed by atoms with Gasteiger partial charge in [-0.05, 0) is 25.1 Å². The zero-order valence-electron chi connectivity index (χ0n) is 13.6. The second kappa shape index (κ2) is 6.78. The fourth-order valence-corrected chi connectivity index (χ4v) is 4.37. The van der Waals surface area contributed by atoms with Crippen LogP contribution in [0.1, 0.15) is 20.4 Å². The van der Waals surface area contributed by atoms with Crippen LogP contribution in [-0.4, -0.2) is 27.2 Å². The first-order valence-corrected chi connectivity index (χ1v) is 9.63. The van der Waals surface area contributed by atoms with Gasteiger partial charge in [0.2, 0.25) is 0 Å². The van der Waals surface area contributed by atoms with Crippen LogP contribution >= 0.6 is 22.7 Å². The maximum atomic E-state index is 12.5. The Morgan fingerprint density at radius 3 is 2.88 bits per heavy atom. The molecular weight excluding hydrogens is 352 g/mol. The fourth-order valence-electron chi connectivity index (χ4n) is 2.65. The Labute approximate surface area is 153 Å². The van der Waals surface area contributed by atoms with Crippen molar-refractivity contribution in [2.75, 3.05) is 6.54 Å². The van der Waals surface area contributed by atoms with Gasteiger partial charge in [-0.1, -0.05) is 18.2 Å². The number of carbonyl (C=O) groups is 1. The van der Waals surface area contributed by atoms with Gasteiger partial charge >= 0.3 is 0 Å². The van der Waals surface area contributed by atoms with Crippen LogP contribution in [0, 0.1) is 6.92 Å². The lowest BCUT2D eigenvalue weighted by Crippen LogP contribution is -2.24. The fraction of sp³-hybridized carbons (Fsp3) is 0.167. The normalized spacial score (nSPS) is 11.1. The van der Waals surface area contributed by atoms with Crippen molar-refractivity contribution in [2.24, 2.45) is 0 Å². The summed E-state index contributed by atoms with van der Waals surface area (Å²) in [6, 6.07) is 11.9. The molecule has 0 saturated carbocycles. The molecule has 0 aliphatic rings. The van der Waals surface area contributed by atoms with Crippen LogP contribution < -0.4 is 5.32 Å². The number of thiophene rings is 1. The monoisotopic (exact) mass is 368 g/mol. The molecule has 0 bridgehead atoms. The molecule has 0 unspecified atom stereocenters. The molecule has 0 saturated heterocycles. The van der Waals surface area contributed by atoms with E-state index in [-0.39, 0.29) is 5.91 Å². The van der Waals surface area contributed by atoms with E-state index in [1.165, 1.54) is 11.3 Å². The minimum atomic E-state index is -0.0447. The van der Waals surface area contributed by atoms with E-state index in [4.69, 9.17) is 0 Å². The lowest BCUT2D eigenvalue weighted by atomic mass is 10.3. The molecule has 3 heterocycles. The predicted molar refractivity (Wildman–Crippen MR) is 102 cm³/mol. The molecule has 0 fully saturated rings. The van der Waals surface area contributed by atoms with E-state index in [1.54, 1.807) is 17.5 Å². The number of nitrogens with zero attached hydrogens (tertiary/aromatic N) is 3. The first-order valence-electron chi connectivity index (χ1n) is 7.93. The molecule has 4 aromatic rings. The van der Waals surface area contributed by atoms with Crippen LogP contribution in [0.3, 0.4) is 0 Å². The van der Waals surface area contributed by atoms with Gasteiger partial charge in [0.1, 0.15) is 4.83 Å². The summed E-state index contributed by atoms with van der Waals surface area (Å²) in [6.07, 6.45) is 2.54. The summed E-state index contributed by atoms with van der Waals surface area (Å²) in [6.45, 7) is 2.56. The van der Waals surface area contributed by atoms with Crippen molar-refractivity contribution in [3.8, 4) is 5.69 Å². The van der Waals surface area contributed by atoms with E-state index >= 15 is 0 Å². The lowest BCUT2D eigenvalue weighted by molar-refractivity contribution is 0.0958. The topological polar surface area (TPSA) is 59.8 Å². The Morgan fingerprint density at radius 1 is 1.28 bits per heavy atom. The van der Waals surface area contributed by atoms with Gasteiger partial charge in [0.05, 0.1) is 21.3 Å². The highest BCUT2D eigenvalue weighted by atomic mass is 32.1. The number of hydrogen-bond donors (Lipinski definition) is 1. The van der Waals surface area contributed by atoms with Crippen molar-refractivity contribution < 1.29 is 4.79 Å². The predicted octanol–water partition coefficient (Wildman–Crippen LogP) is 3.82. The molecule has 7 heteroatoms. The lowest BCUT2D eigenvalue weighted by Gasteiger charge is -2.02. The molecule has 1 aromatic carbocycles. The highest BCUT2D eigenvalue weighted by Crippen LogP contribution is 2.30. The van der Waals surface area contributed by atoms with E-state index in [0.29, 0.717) is 11.4 Å². The number of fused-ring (bicyclic) bond motifs is 1. The molecule has 0 radical (unpaired) electrons. The number of aryl methyl sites for hydroxylation is 1. The highest BCUT2D eigenvalue weighted by molar-refractivity contribution is 7.20. The van der Waals surface area contributed by atoms with Gasteiger partial charge in [0.15, 0.2) is 0 Å². The largest absolute Gasteiger partial charge is 0.351 e. The number of benzene rings is 1. The summed E-state index contributed by atoms with van der Waals surface area (Å²) in [5.41, 5.74) is 1.93. The quantitative estimate of drug-likeness (QED) is 0.582. The number of para-hydroxylation sites is 1. The van der Waals surface area contributed by atoms with Crippen LogP contribution in [0.25, 0.3) is 15.9 Å². The van der Waals surface area contributed by atoms with E-state index in [9.17, 15) is 4.79 Å². The molecule has 126 valence electrons. The van der Waals surface area contributed by atoms with Gasteiger partial charge in [-0.2, -0.15) is 5.10 Å². The Balaban J connectivity index is 1.55. The Kier molecular flexibility index (Phi) is 4.33. The molecule has 1 N–H and O–H groups in total. The van der Waals surface area contributed by atoms with Gasteiger partial charge in [-0.25, -0.2) is 9.67 Å². The highest BCUT2D eigenvalue weighted by Gasteiger charge is 2.16. The molecule has 25 heavy (non-hydrogen) atoms. The SMILES string of the molecule is Cc1nn(-c2ccccc2)c2sc(C(=O)NCCc3nccs3)cc12. The van der Waals surface area contributed by atoms with Crippen LogP contribution in [0.15, 0.2) is 48.0 Å². The minimum absolute atomic E-state index is 0.0447. The second-order valence-electron chi connectivity index (χ2n) is 5.59. The summed E-state index contributed by atoms with van der Waals surface area (Å²) < 4.78 is 1.90. The minimum Gasteiger partial charge on any atom is -0.351 e.